The lowest BCUT2D eigenvalue weighted by Gasteiger charge is -2.34. The van der Waals surface area contributed by atoms with Crippen molar-refractivity contribution in [3.63, 3.8) is 0 Å². The van der Waals surface area contributed by atoms with Crippen LogP contribution < -0.4 is 5.73 Å². The molecule has 0 aliphatic carbocycles. The third kappa shape index (κ3) is 2.92. The SMILES string of the molecule is NC(=NO)C1CCCCN1Cc1ccc(O)cc1. The Balaban J connectivity index is 2.07. The van der Waals surface area contributed by atoms with E-state index in [1.54, 1.807) is 12.1 Å². The Bertz CT molecular complexity index is 417. The molecule has 1 unspecified atom stereocenters. The average Bonchev–Trinajstić information content (AvgIpc) is 2.41. The van der Waals surface area contributed by atoms with Gasteiger partial charge in [0.15, 0.2) is 5.84 Å². The van der Waals surface area contributed by atoms with Crippen molar-refractivity contribution in [3.8, 4) is 5.75 Å². The number of oxime groups is 1. The molecule has 4 N–H and O–H groups in total. The Labute approximate surface area is 107 Å². The highest BCUT2D eigenvalue weighted by molar-refractivity contribution is 5.85. The minimum absolute atomic E-state index is 0.0116. The zero-order valence-corrected chi connectivity index (χ0v) is 10.3. The largest absolute Gasteiger partial charge is 0.508 e. The first-order valence-electron chi connectivity index (χ1n) is 6.20. The Morgan fingerprint density at radius 2 is 2.06 bits per heavy atom. The summed E-state index contributed by atoms with van der Waals surface area (Å²) >= 11 is 0. The van der Waals surface area contributed by atoms with Crippen LogP contribution in [-0.2, 0) is 6.54 Å². The van der Waals surface area contributed by atoms with Crippen molar-refractivity contribution in [3.05, 3.63) is 29.8 Å². The molecule has 0 radical (unpaired) electrons. The third-order valence-corrected chi connectivity index (χ3v) is 3.39. The Morgan fingerprint density at radius 3 is 2.72 bits per heavy atom. The van der Waals surface area contributed by atoms with Crippen LogP contribution >= 0.6 is 0 Å². The van der Waals surface area contributed by atoms with E-state index in [1.807, 2.05) is 12.1 Å². The molecule has 5 heteroatoms. The lowest BCUT2D eigenvalue weighted by atomic mass is 10.0. The number of likely N-dealkylation sites (tertiary alicyclic amines) is 1. The van der Waals surface area contributed by atoms with Gasteiger partial charge in [-0.3, -0.25) is 4.90 Å². The molecule has 98 valence electrons. The first-order chi connectivity index (χ1) is 8.70. The van der Waals surface area contributed by atoms with Crippen LogP contribution in [0, 0.1) is 0 Å². The van der Waals surface area contributed by atoms with Crippen molar-refractivity contribution in [2.24, 2.45) is 10.9 Å². The normalized spacial score (nSPS) is 22.0. The number of hydrogen-bond acceptors (Lipinski definition) is 4. The van der Waals surface area contributed by atoms with E-state index >= 15 is 0 Å². The van der Waals surface area contributed by atoms with Gasteiger partial charge < -0.3 is 16.0 Å². The van der Waals surface area contributed by atoms with Gasteiger partial charge in [-0.1, -0.05) is 23.7 Å². The summed E-state index contributed by atoms with van der Waals surface area (Å²) in [5, 5.41) is 21.2. The topological polar surface area (TPSA) is 82.1 Å². The maximum atomic E-state index is 9.26. The van der Waals surface area contributed by atoms with Crippen molar-refractivity contribution >= 4 is 5.84 Å². The number of piperidine rings is 1. The molecule has 1 aliphatic heterocycles. The summed E-state index contributed by atoms with van der Waals surface area (Å²) in [6.45, 7) is 1.70. The fourth-order valence-corrected chi connectivity index (χ4v) is 2.42. The Hall–Kier alpha value is -1.75. The fourth-order valence-electron chi connectivity index (χ4n) is 2.42. The molecule has 18 heavy (non-hydrogen) atoms. The molecule has 0 saturated carbocycles. The number of nitrogens with zero attached hydrogens (tertiary/aromatic N) is 2. The fraction of sp³-hybridized carbons (Fsp3) is 0.462. The van der Waals surface area contributed by atoms with Gasteiger partial charge in [-0.05, 0) is 37.1 Å². The molecule has 0 amide bonds. The second-order valence-electron chi connectivity index (χ2n) is 4.67. The molecule has 0 bridgehead atoms. The third-order valence-electron chi connectivity index (χ3n) is 3.39. The lowest BCUT2D eigenvalue weighted by Crippen LogP contribution is -2.47. The molecule has 1 aromatic carbocycles. The summed E-state index contributed by atoms with van der Waals surface area (Å²) in [4.78, 5) is 2.21. The molecule has 0 spiro atoms. The monoisotopic (exact) mass is 249 g/mol. The van der Waals surface area contributed by atoms with E-state index in [1.165, 1.54) is 0 Å². The number of phenols is 1. The molecular weight excluding hydrogens is 230 g/mol. The van der Waals surface area contributed by atoms with Crippen molar-refractivity contribution in [1.82, 2.24) is 4.90 Å². The van der Waals surface area contributed by atoms with Crippen LogP contribution in [-0.4, -0.2) is 33.6 Å². The van der Waals surface area contributed by atoms with Crippen LogP contribution in [0.2, 0.25) is 0 Å². The minimum Gasteiger partial charge on any atom is -0.508 e. The number of rotatable bonds is 3. The van der Waals surface area contributed by atoms with Gasteiger partial charge in [0.1, 0.15) is 5.75 Å². The summed E-state index contributed by atoms with van der Waals surface area (Å²) in [6, 6.07) is 7.16. The van der Waals surface area contributed by atoms with Crippen LogP contribution in [0.25, 0.3) is 0 Å². The summed E-state index contributed by atoms with van der Waals surface area (Å²) in [6.07, 6.45) is 3.16. The van der Waals surface area contributed by atoms with Gasteiger partial charge in [0, 0.05) is 6.54 Å². The van der Waals surface area contributed by atoms with Crippen molar-refractivity contribution in [2.45, 2.75) is 31.8 Å². The van der Waals surface area contributed by atoms with E-state index in [0.29, 0.717) is 0 Å². The van der Waals surface area contributed by atoms with Gasteiger partial charge in [0.25, 0.3) is 0 Å². The van der Waals surface area contributed by atoms with E-state index in [0.717, 1.165) is 37.9 Å². The van der Waals surface area contributed by atoms with Crippen LogP contribution in [0.3, 0.4) is 0 Å². The molecule has 1 heterocycles. The van der Waals surface area contributed by atoms with Crippen molar-refractivity contribution in [1.29, 1.82) is 0 Å². The number of aromatic hydroxyl groups is 1. The molecule has 1 aliphatic rings. The highest BCUT2D eigenvalue weighted by atomic mass is 16.4. The second kappa shape index (κ2) is 5.73. The van der Waals surface area contributed by atoms with Crippen molar-refractivity contribution in [2.75, 3.05) is 6.54 Å². The number of nitrogens with two attached hydrogens (primary N) is 1. The van der Waals surface area contributed by atoms with Gasteiger partial charge in [-0.25, -0.2) is 0 Å². The molecule has 0 aromatic heterocycles. The van der Waals surface area contributed by atoms with Crippen LogP contribution in [0.4, 0.5) is 0 Å². The quantitative estimate of drug-likeness (QED) is 0.328. The molecular formula is C13H19N3O2. The molecule has 2 rings (SSSR count). The minimum atomic E-state index is 0.0116. The molecule has 1 atom stereocenters. The highest BCUT2D eigenvalue weighted by Crippen LogP contribution is 2.20. The maximum absolute atomic E-state index is 9.26. The first-order valence-corrected chi connectivity index (χ1v) is 6.20. The number of benzene rings is 1. The van der Waals surface area contributed by atoms with Crippen LogP contribution in [0.15, 0.2) is 29.4 Å². The molecule has 1 fully saturated rings. The molecule has 5 nitrogen and oxygen atoms in total. The summed E-state index contributed by atoms with van der Waals surface area (Å²) < 4.78 is 0. The maximum Gasteiger partial charge on any atom is 0.156 e. The zero-order chi connectivity index (χ0) is 13.0. The number of hydrogen-bond donors (Lipinski definition) is 3. The number of amidine groups is 1. The molecule has 1 saturated heterocycles. The molecule has 1 aromatic rings. The van der Waals surface area contributed by atoms with Crippen LogP contribution in [0.5, 0.6) is 5.75 Å². The highest BCUT2D eigenvalue weighted by Gasteiger charge is 2.25. The Morgan fingerprint density at radius 1 is 1.33 bits per heavy atom. The van der Waals surface area contributed by atoms with Gasteiger partial charge in [0.2, 0.25) is 0 Å². The van der Waals surface area contributed by atoms with Crippen LogP contribution in [0.1, 0.15) is 24.8 Å². The number of phenolic OH excluding ortho intramolecular Hbond substituents is 1. The van der Waals surface area contributed by atoms with E-state index < -0.39 is 0 Å². The second-order valence-corrected chi connectivity index (χ2v) is 4.67. The zero-order valence-electron chi connectivity index (χ0n) is 10.3. The standard InChI is InChI=1S/C13H19N3O2/c14-13(15-18)12-3-1-2-8-16(12)9-10-4-6-11(17)7-5-10/h4-7,12,17-18H,1-3,8-9H2,(H2,14,15). The van der Waals surface area contributed by atoms with E-state index in [-0.39, 0.29) is 17.6 Å². The van der Waals surface area contributed by atoms with E-state index in [4.69, 9.17) is 10.9 Å². The summed E-state index contributed by atoms with van der Waals surface area (Å²) in [5.74, 6) is 0.554. The van der Waals surface area contributed by atoms with Gasteiger partial charge in [0.05, 0.1) is 6.04 Å². The Kier molecular flexibility index (Phi) is 4.04. The smallest absolute Gasteiger partial charge is 0.156 e. The predicted octanol–water partition coefficient (Wildman–Crippen LogP) is 1.49. The summed E-state index contributed by atoms with van der Waals surface area (Å²) in [7, 11) is 0. The van der Waals surface area contributed by atoms with Gasteiger partial charge in [-0.15, -0.1) is 0 Å². The van der Waals surface area contributed by atoms with Crippen molar-refractivity contribution < 1.29 is 10.3 Å². The van der Waals surface area contributed by atoms with E-state index in [2.05, 4.69) is 10.1 Å². The van der Waals surface area contributed by atoms with Gasteiger partial charge >= 0.3 is 0 Å². The first kappa shape index (κ1) is 12.7. The van der Waals surface area contributed by atoms with Gasteiger partial charge in [-0.2, -0.15) is 0 Å². The average molecular weight is 249 g/mol. The predicted molar refractivity (Wildman–Crippen MR) is 69.6 cm³/mol. The summed E-state index contributed by atoms with van der Waals surface area (Å²) in [5.41, 5.74) is 6.85. The lowest BCUT2D eigenvalue weighted by molar-refractivity contribution is 0.178. The van der Waals surface area contributed by atoms with E-state index in [9.17, 15) is 5.11 Å².